The standard InChI is InChI=1S/C11H17NO4S2/c1-12(6-9-3-2-4-16-9)18(14,15)11-5-10(7-13)17-8-11/h5,8-9,13H,2-4,6-7H2,1H3. The zero-order valence-electron chi connectivity index (χ0n) is 10.2. The second-order valence-electron chi connectivity index (χ2n) is 4.33. The smallest absolute Gasteiger partial charge is 0.243 e. The molecular formula is C11H17NO4S2. The molecular weight excluding hydrogens is 274 g/mol. The van der Waals surface area contributed by atoms with Crippen molar-refractivity contribution in [3.05, 3.63) is 16.3 Å². The normalized spacial score (nSPS) is 20.7. The predicted molar refractivity (Wildman–Crippen MR) is 69.0 cm³/mol. The molecule has 0 bridgehead atoms. The van der Waals surface area contributed by atoms with Gasteiger partial charge in [-0.25, -0.2) is 8.42 Å². The van der Waals surface area contributed by atoms with Crippen LogP contribution < -0.4 is 0 Å². The van der Waals surface area contributed by atoms with E-state index in [1.54, 1.807) is 12.4 Å². The SMILES string of the molecule is CN(CC1CCCO1)S(=O)(=O)c1csc(CO)c1. The lowest BCUT2D eigenvalue weighted by Gasteiger charge is -2.19. The van der Waals surface area contributed by atoms with Crippen LogP contribution in [0.4, 0.5) is 0 Å². The van der Waals surface area contributed by atoms with Gasteiger partial charge in [0, 0.05) is 30.5 Å². The quantitative estimate of drug-likeness (QED) is 0.880. The van der Waals surface area contributed by atoms with Crippen molar-refractivity contribution in [2.24, 2.45) is 0 Å². The lowest BCUT2D eigenvalue weighted by Crippen LogP contribution is -2.33. The number of likely N-dealkylation sites (N-methyl/N-ethyl adjacent to an activating group) is 1. The lowest BCUT2D eigenvalue weighted by atomic mass is 10.2. The van der Waals surface area contributed by atoms with Crippen LogP contribution in [0.1, 0.15) is 17.7 Å². The average molecular weight is 291 g/mol. The molecule has 1 unspecified atom stereocenters. The van der Waals surface area contributed by atoms with Gasteiger partial charge in [0.15, 0.2) is 0 Å². The number of thiophene rings is 1. The second kappa shape index (κ2) is 5.66. The molecule has 1 atom stereocenters. The lowest BCUT2D eigenvalue weighted by molar-refractivity contribution is 0.0979. The highest BCUT2D eigenvalue weighted by Gasteiger charge is 2.26. The van der Waals surface area contributed by atoms with Gasteiger partial charge in [0.1, 0.15) is 0 Å². The summed E-state index contributed by atoms with van der Waals surface area (Å²) in [7, 11) is -1.90. The minimum atomic E-state index is -3.46. The van der Waals surface area contributed by atoms with E-state index in [-0.39, 0.29) is 17.6 Å². The highest BCUT2D eigenvalue weighted by Crippen LogP contribution is 2.23. The molecule has 1 saturated heterocycles. The Bertz CT molecular complexity index is 491. The van der Waals surface area contributed by atoms with Gasteiger partial charge < -0.3 is 9.84 Å². The van der Waals surface area contributed by atoms with E-state index in [2.05, 4.69) is 0 Å². The number of hydrogen-bond acceptors (Lipinski definition) is 5. The summed E-state index contributed by atoms with van der Waals surface area (Å²) in [6.07, 6.45) is 1.90. The number of aliphatic hydroxyl groups is 1. The van der Waals surface area contributed by atoms with Crippen LogP contribution >= 0.6 is 11.3 Å². The molecule has 0 aliphatic carbocycles. The van der Waals surface area contributed by atoms with Gasteiger partial charge in [0.05, 0.1) is 17.6 Å². The fourth-order valence-corrected chi connectivity index (χ4v) is 4.26. The molecule has 2 heterocycles. The maximum absolute atomic E-state index is 12.2. The summed E-state index contributed by atoms with van der Waals surface area (Å²) in [5, 5.41) is 10.5. The van der Waals surface area contributed by atoms with E-state index in [1.807, 2.05) is 0 Å². The molecule has 5 nitrogen and oxygen atoms in total. The van der Waals surface area contributed by atoms with Gasteiger partial charge in [0.2, 0.25) is 10.0 Å². The number of rotatable bonds is 5. The third-order valence-corrected chi connectivity index (χ3v) is 5.85. The summed E-state index contributed by atoms with van der Waals surface area (Å²) in [6.45, 7) is 0.966. The fraction of sp³-hybridized carbons (Fsp3) is 0.636. The van der Waals surface area contributed by atoms with E-state index in [9.17, 15) is 8.42 Å². The number of nitrogens with zero attached hydrogens (tertiary/aromatic N) is 1. The first kappa shape index (κ1) is 14.0. The molecule has 1 aromatic heterocycles. The zero-order chi connectivity index (χ0) is 13.2. The zero-order valence-corrected chi connectivity index (χ0v) is 11.8. The molecule has 0 aromatic carbocycles. The van der Waals surface area contributed by atoms with Gasteiger partial charge in [-0.2, -0.15) is 4.31 Å². The first-order chi connectivity index (χ1) is 8.54. The van der Waals surface area contributed by atoms with Gasteiger partial charge in [-0.3, -0.25) is 0 Å². The molecule has 0 saturated carbocycles. The van der Waals surface area contributed by atoms with Crippen molar-refractivity contribution >= 4 is 21.4 Å². The topological polar surface area (TPSA) is 66.8 Å². The molecule has 1 aliphatic rings. The molecule has 1 aliphatic heterocycles. The third-order valence-electron chi connectivity index (χ3n) is 2.98. The van der Waals surface area contributed by atoms with Crippen molar-refractivity contribution in [2.45, 2.75) is 30.4 Å². The summed E-state index contributed by atoms with van der Waals surface area (Å²) in [5.74, 6) is 0. The first-order valence-electron chi connectivity index (χ1n) is 5.80. The van der Waals surface area contributed by atoms with Crippen LogP contribution in [0, 0.1) is 0 Å². The highest BCUT2D eigenvalue weighted by atomic mass is 32.2. The van der Waals surface area contributed by atoms with Crippen LogP contribution in [0.2, 0.25) is 0 Å². The number of aliphatic hydroxyl groups excluding tert-OH is 1. The van der Waals surface area contributed by atoms with Gasteiger partial charge in [-0.1, -0.05) is 0 Å². The number of sulfonamides is 1. The van der Waals surface area contributed by atoms with Gasteiger partial charge in [0.25, 0.3) is 0 Å². The minimum absolute atomic E-state index is 0.000669. The molecule has 0 spiro atoms. The Morgan fingerprint density at radius 2 is 2.39 bits per heavy atom. The van der Waals surface area contributed by atoms with Crippen molar-refractivity contribution in [1.29, 1.82) is 0 Å². The fourth-order valence-electron chi connectivity index (χ4n) is 1.93. The molecule has 102 valence electrons. The van der Waals surface area contributed by atoms with E-state index in [4.69, 9.17) is 9.84 Å². The summed E-state index contributed by atoms with van der Waals surface area (Å²) in [5.41, 5.74) is 0. The van der Waals surface area contributed by atoms with Crippen molar-refractivity contribution in [2.75, 3.05) is 20.2 Å². The largest absolute Gasteiger partial charge is 0.391 e. The van der Waals surface area contributed by atoms with Crippen LogP contribution in [0.5, 0.6) is 0 Å². The van der Waals surface area contributed by atoms with Gasteiger partial charge in [-0.05, 0) is 18.9 Å². The minimum Gasteiger partial charge on any atom is -0.391 e. The maximum Gasteiger partial charge on any atom is 0.243 e. The van der Waals surface area contributed by atoms with Crippen LogP contribution in [-0.4, -0.2) is 44.1 Å². The second-order valence-corrected chi connectivity index (χ2v) is 7.37. The van der Waals surface area contributed by atoms with Gasteiger partial charge in [-0.15, -0.1) is 11.3 Å². The molecule has 0 amide bonds. The van der Waals surface area contributed by atoms with Gasteiger partial charge >= 0.3 is 0 Å². The van der Waals surface area contributed by atoms with E-state index in [0.29, 0.717) is 18.0 Å². The Morgan fingerprint density at radius 3 is 2.94 bits per heavy atom. The van der Waals surface area contributed by atoms with Crippen LogP contribution in [0.15, 0.2) is 16.3 Å². The molecule has 1 aromatic rings. The first-order valence-corrected chi connectivity index (χ1v) is 8.12. The molecule has 7 heteroatoms. The Balaban J connectivity index is 2.09. The highest BCUT2D eigenvalue weighted by molar-refractivity contribution is 7.89. The van der Waals surface area contributed by atoms with Crippen molar-refractivity contribution < 1.29 is 18.3 Å². The van der Waals surface area contributed by atoms with E-state index < -0.39 is 10.0 Å². The van der Waals surface area contributed by atoms with Crippen LogP contribution in [0.25, 0.3) is 0 Å². The van der Waals surface area contributed by atoms with Crippen LogP contribution in [0.3, 0.4) is 0 Å². The summed E-state index contributed by atoms with van der Waals surface area (Å²) in [6, 6.07) is 1.52. The summed E-state index contributed by atoms with van der Waals surface area (Å²) >= 11 is 1.25. The monoisotopic (exact) mass is 291 g/mol. The van der Waals surface area contributed by atoms with E-state index in [0.717, 1.165) is 12.8 Å². The molecule has 1 N–H and O–H groups in total. The Labute approximate surface area is 111 Å². The Kier molecular flexibility index (Phi) is 4.39. The Morgan fingerprint density at radius 1 is 1.61 bits per heavy atom. The maximum atomic E-state index is 12.2. The van der Waals surface area contributed by atoms with E-state index in [1.165, 1.54) is 21.7 Å². The van der Waals surface area contributed by atoms with Crippen molar-refractivity contribution in [3.8, 4) is 0 Å². The average Bonchev–Trinajstić information content (AvgIpc) is 2.99. The predicted octanol–water partition coefficient (Wildman–Crippen LogP) is 1.04. The van der Waals surface area contributed by atoms with Crippen LogP contribution in [-0.2, 0) is 21.4 Å². The molecule has 2 rings (SSSR count). The Hall–Kier alpha value is -0.470. The molecule has 0 radical (unpaired) electrons. The van der Waals surface area contributed by atoms with E-state index >= 15 is 0 Å². The number of ether oxygens (including phenoxy) is 1. The van der Waals surface area contributed by atoms with Crippen molar-refractivity contribution in [1.82, 2.24) is 4.31 Å². The summed E-state index contributed by atoms with van der Waals surface area (Å²) in [4.78, 5) is 0.899. The molecule has 18 heavy (non-hydrogen) atoms. The summed E-state index contributed by atoms with van der Waals surface area (Å²) < 4.78 is 31.3. The third kappa shape index (κ3) is 2.92. The number of hydrogen-bond donors (Lipinski definition) is 1. The molecule has 1 fully saturated rings. The van der Waals surface area contributed by atoms with Crippen molar-refractivity contribution in [3.63, 3.8) is 0 Å².